The number of nitrogens with one attached hydrogen (secondary N) is 1. The highest BCUT2D eigenvalue weighted by atomic mass is 16.5. The van der Waals surface area contributed by atoms with Crippen molar-refractivity contribution < 1.29 is 4.74 Å². The molecule has 0 spiro atoms. The molecule has 2 heterocycles. The minimum absolute atomic E-state index is 0.0482. The van der Waals surface area contributed by atoms with E-state index in [-0.39, 0.29) is 5.69 Å². The molecule has 5 rings (SSSR count). The number of hydrogen-bond acceptors (Lipinski definition) is 5. The second kappa shape index (κ2) is 11.9. The maximum atomic E-state index is 13.9. The third-order valence-electron chi connectivity index (χ3n) is 7.16. The number of para-hydroxylation sites is 1. The van der Waals surface area contributed by atoms with Crippen LogP contribution in [0.15, 0.2) is 77.7 Å². The van der Waals surface area contributed by atoms with E-state index in [0.717, 1.165) is 71.3 Å². The largest absolute Gasteiger partial charge is 0.495 e. The number of unbranched alkanes of at least 4 members (excludes halogenated alkanes) is 2. The van der Waals surface area contributed by atoms with Gasteiger partial charge in [-0.05, 0) is 58.0 Å². The molecule has 0 amide bonds. The number of aromatic amines is 1. The summed E-state index contributed by atoms with van der Waals surface area (Å²) in [6.07, 6.45) is 6.96. The monoisotopic (exact) mass is 522 g/mol. The Kier molecular flexibility index (Phi) is 8.01. The molecule has 0 saturated heterocycles. The zero-order chi connectivity index (χ0) is 27.2. The van der Waals surface area contributed by atoms with Crippen LogP contribution in [0.1, 0.15) is 49.9 Å². The summed E-state index contributed by atoms with van der Waals surface area (Å²) < 4.78 is 9.35. The summed E-state index contributed by atoms with van der Waals surface area (Å²) in [7, 11) is 1.65. The molecule has 8 nitrogen and oxygen atoms in total. The Balaban J connectivity index is 1.50. The highest BCUT2D eigenvalue weighted by Gasteiger charge is 2.18. The Morgan fingerprint density at radius 1 is 0.923 bits per heavy atom. The molecule has 0 radical (unpaired) electrons. The van der Waals surface area contributed by atoms with Gasteiger partial charge in [0.15, 0.2) is 5.82 Å². The zero-order valence-corrected chi connectivity index (χ0v) is 22.7. The molecule has 8 heteroatoms. The van der Waals surface area contributed by atoms with E-state index in [1.807, 2.05) is 41.1 Å². The lowest BCUT2D eigenvalue weighted by molar-refractivity contribution is 0.412. The fraction of sp³-hybridized carbons (Fsp3) is 0.290. The van der Waals surface area contributed by atoms with Gasteiger partial charge in [-0.25, -0.2) is 9.89 Å². The maximum Gasteiger partial charge on any atom is 0.333 e. The summed E-state index contributed by atoms with van der Waals surface area (Å²) in [5.74, 6) is 1.33. The number of hydrogen-bond donors (Lipinski definition) is 1. The number of H-pyrrole nitrogens is 1. The van der Waals surface area contributed by atoms with Gasteiger partial charge < -0.3 is 4.74 Å². The fourth-order valence-electron chi connectivity index (χ4n) is 5.09. The van der Waals surface area contributed by atoms with E-state index >= 15 is 0 Å². The number of imidazole rings is 1. The van der Waals surface area contributed by atoms with Crippen LogP contribution in [0.3, 0.4) is 0 Å². The Hall–Kier alpha value is -4.46. The normalized spacial score (nSPS) is 11.2. The van der Waals surface area contributed by atoms with Gasteiger partial charge in [0.2, 0.25) is 0 Å². The molecule has 39 heavy (non-hydrogen) atoms. The van der Waals surface area contributed by atoms with Crippen molar-refractivity contribution >= 4 is 0 Å². The Labute approximate surface area is 228 Å². The summed E-state index contributed by atoms with van der Waals surface area (Å²) in [6.45, 7) is 4.79. The molecule has 0 atom stereocenters. The van der Waals surface area contributed by atoms with Gasteiger partial charge in [-0.2, -0.15) is 0 Å². The topological polar surface area (TPSA) is 90.6 Å². The van der Waals surface area contributed by atoms with Crippen LogP contribution in [0.25, 0.3) is 28.2 Å². The lowest BCUT2D eigenvalue weighted by Gasteiger charge is -2.13. The molecule has 0 aliphatic heterocycles. The third-order valence-corrected chi connectivity index (χ3v) is 7.16. The van der Waals surface area contributed by atoms with Gasteiger partial charge in [0, 0.05) is 17.5 Å². The predicted octanol–water partition coefficient (Wildman–Crippen LogP) is 5.84. The van der Waals surface area contributed by atoms with Gasteiger partial charge in [-0.3, -0.25) is 9.13 Å². The summed E-state index contributed by atoms with van der Waals surface area (Å²) in [6, 6.07) is 22.3. The van der Waals surface area contributed by atoms with Crippen LogP contribution in [0, 0.1) is 0 Å². The smallest absolute Gasteiger partial charge is 0.333 e. The third kappa shape index (κ3) is 5.41. The van der Waals surface area contributed by atoms with Crippen molar-refractivity contribution in [1.29, 1.82) is 0 Å². The SMILES string of the molecule is CCCCCc1cn(-c2c(CC)cccc2OC)c(=O)n1Cc1ccc(-c2ccccc2-c2nnn[nH]2)cc1. The molecule has 0 fully saturated rings. The van der Waals surface area contributed by atoms with Crippen LogP contribution in [0.4, 0.5) is 0 Å². The number of methoxy groups -OCH3 is 1. The molecule has 0 unspecified atom stereocenters. The van der Waals surface area contributed by atoms with E-state index in [1.54, 1.807) is 11.7 Å². The molecule has 5 aromatic rings. The second-order valence-electron chi connectivity index (χ2n) is 9.63. The summed E-state index contributed by atoms with van der Waals surface area (Å²) in [5, 5.41) is 14.4. The van der Waals surface area contributed by atoms with Gasteiger partial charge in [-0.15, -0.1) is 5.10 Å². The molecule has 2 aromatic heterocycles. The Bertz CT molecular complexity index is 1560. The Morgan fingerprint density at radius 2 is 1.72 bits per heavy atom. The van der Waals surface area contributed by atoms with E-state index in [9.17, 15) is 4.79 Å². The standard InChI is InChI=1S/C31H34N6O2/c1-4-6-7-12-25-21-37(29-23(5-2)11-10-15-28(29)39-3)31(38)36(25)20-22-16-18-24(19-17-22)26-13-8-9-14-27(26)30-32-34-35-33-30/h8-11,13-19,21H,4-7,12,20H2,1-3H3,(H,32,33,34,35). The first-order valence-electron chi connectivity index (χ1n) is 13.5. The molecular formula is C31H34N6O2. The number of ether oxygens (including phenoxy) is 1. The highest BCUT2D eigenvalue weighted by molar-refractivity contribution is 5.80. The van der Waals surface area contributed by atoms with E-state index in [2.05, 4.69) is 70.9 Å². The summed E-state index contributed by atoms with van der Waals surface area (Å²) in [5.41, 5.74) is 6.99. The molecule has 3 aromatic carbocycles. The van der Waals surface area contributed by atoms with Gasteiger partial charge in [0.25, 0.3) is 0 Å². The molecule has 200 valence electrons. The summed E-state index contributed by atoms with van der Waals surface area (Å²) >= 11 is 0. The van der Waals surface area contributed by atoms with Crippen molar-refractivity contribution in [2.45, 2.75) is 52.5 Å². The molecule has 1 N–H and O–H groups in total. The predicted molar refractivity (Wildman–Crippen MR) is 153 cm³/mol. The van der Waals surface area contributed by atoms with Gasteiger partial charge in [-0.1, -0.05) is 87.4 Å². The van der Waals surface area contributed by atoms with Crippen LogP contribution < -0.4 is 10.4 Å². The number of benzene rings is 3. The first-order valence-corrected chi connectivity index (χ1v) is 13.5. The van der Waals surface area contributed by atoms with Crippen molar-refractivity contribution in [2.24, 2.45) is 0 Å². The van der Waals surface area contributed by atoms with Gasteiger partial charge >= 0.3 is 5.69 Å². The highest BCUT2D eigenvalue weighted by Crippen LogP contribution is 2.30. The number of aryl methyl sites for hydroxylation is 2. The minimum atomic E-state index is -0.0482. The first-order chi connectivity index (χ1) is 19.1. The van der Waals surface area contributed by atoms with E-state index in [1.165, 1.54) is 0 Å². The van der Waals surface area contributed by atoms with Crippen LogP contribution in [0.2, 0.25) is 0 Å². The number of nitrogens with zero attached hydrogens (tertiary/aromatic N) is 5. The van der Waals surface area contributed by atoms with E-state index < -0.39 is 0 Å². The minimum Gasteiger partial charge on any atom is -0.495 e. The average Bonchev–Trinajstić information content (AvgIpc) is 3.62. The molecule has 0 aliphatic rings. The molecule has 0 aliphatic carbocycles. The van der Waals surface area contributed by atoms with E-state index in [0.29, 0.717) is 18.1 Å². The number of rotatable bonds is 11. The summed E-state index contributed by atoms with van der Waals surface area (Å²) in [4.78, 5) is 13.9. The van der Waals surface area contributed by atoms with Crippen molar-refractivity contribution in [3.8, 4) is 34.0 Å². The second-order valence-corrected chi connectivity index (χ2v) is 9.63. The molecule has 0 bridgehead atoms. The maximum absolute atomic E-state index is 13.9. The van der Waals surface area contributed by atoms with Crippen LogP contribution in [-0.2, 0) is 19.4 Å². The quantitative estimate of drug-likeness (QED) is 0.220. The Morgan fingerprint density at radius 3 is 2.41 bits per heavy atom. The van der Waals surface area contributed by atoms with E-state index in [4.69, 9.17) is 4.74 Å². The first kappa shape index (κ1) is 26.2. The zero-order valence-electron chi connectivity index (χ0n) is 22.7. The number of aromatic nitrogens is 6. The molecular weight excluding hydrogens is 488 g/mol. The van der Waals surface area contributed by atoms with Crippen molar-refractivity contribution in [3.63, 3.8) is 0 Å². The lowest BCUT2D eigenvalue weighted by Crippen LogP contribution is -2.25. The van der Waals surface area contributed by atoms with Crippen LogP contribution >= 0.6 is 0 Å². The van der Waals surface area contributed by atoms with Crippen LogP contribution in [-0.4, -0.2) is 36.9 Å². The van der Waals surface area contributed by atoms with Gasteiger partial charge in [0.1, 0.15) is 5.75 Å². The fourth-order valence-corrected chi connectivity index (χ4v) is 5.09. The van der Waals surface area contributed by atoms with Crippen molar-refractivity contribution in [2.75, 3.05) is 7.11 Å². The van der Waals surface area contributed by atoms with Crippen molar-refractivity contribution in [1.82, 2.24) is 29.8 Å². The molecule has 0 saturated carbocycles. The average molecular weight is 523 g/mol. The van der Waals surface area contributed by atoms with Crippen LogP contribution in [0.5, 0.6) is 5.75 Å². The lowest BCUT2D eigenvalue weighted by atomic mass is 9.98. The number of tetrazole rings is 1. The van der Waals surface area contributed by atoms with Gasteiger partial charge in [0.05, 0.1) is 19.3 Å². The van der Waals surface area contributed by atoms with Crippen molar-refractivity contribution in [3.05, 3.63) is 100 Å².